The normalized spacial score (nSPS) is 15.2. The third-order valence-corrected chi connectivity index (χ3v) is 4.76. The highest BCUT2D eigenvalue weighted by atomic mass is 19.4. The minimum absolute atomic E-state index is 0.0922. The van der Waals surface area contributed by atoms with Gasteiger partial charge in [-0.05, 0) is 37.0 Å². The number of nitrogens with zero attached hydrogens (tertiary/aromatic N) is 3. The molecule has 0 unspecified atom stereocenters. The molecule has 0 spiro atoms. The molecule has 26 heavy (non-hydrogen) atoms. The minimum atomic E-state index is -4.73. The average Bonchev–Trinajstić information content (AvgIpc) is 2.90. The average molecular weight is 363 g/mol. The summed E-state index contributed by atoms with van der Waals surface area (Å²) in [7, 11) is 1.76. The number of hydrogen-bond donors (Lipinski definition) is 0. The summed E-state index contributed by atoms with van der Waals surface area (Å²) in [6.45, 7) is 0. The molecular formula is C18H16F3N3O2. The molecule has 0 amide bonds. The third-order valence-electron chi connectivity index (χ3n) is 4.76. The number of halogens is 3. The van der Waals surface area contributed by atoms with E-state index >= 15 is 0 Å². The summed E-state index contributed by atoms with van der Waals surface area (Å²) in [6.07, 6.45) is 1.58. The third kappa shape index (κ3) is 2.85. The first-order chi connectivity index (χ1) is 12.3. The number of pyridine rings is 1. The highest BCUT2D eigenvalue weighted by Gasteiger charge is 2.31. The molecule has 5 nitrogen and oxygen atoms in total. The molecule has 2 heterocycles. The molecule has 1 aromatic carbocycles. The molecule has 0 saturated heterocycles. The van der Waals surface area contributed by atoms with Gasteiger partial charge in [-0.2, -0.15) is 0 Å². The maximum absolute atomic E-state index is 12.8. The zero-order valence-corrected chi connectivity index (χ0v) is 14.0. The van der Waals surface area contributed by atoms with Crippen LogP contribution in [0.1, 0.15) is 25.3 Å². The SMILES string of the molecule is Cn1cnc2c(-c3ccc(OC(F)(F)F)cc3)cn(C3CCC3)c(=O)c21. The van der Waals surface area contributed by atoms with Crippen LogP contribution < -0.4 is 10.3 Å². The van der Waals surface area contributed by atoms with Gasteiger partial charge in [0, 0.05) is 24.8 Å². The number of aryl methyl sites for hydroxylation is 1. The van der Waals surface area contributed by atoms with Crippen LogP contribution in [0.3, 0.4) is 0 Å². The number of aromatic nitrogens is 3. The van der Waals surface area contributed by atoms with Crippen molar-refractivity contribution in [3.63, 3.8) is 0 Å². The molecule has 0 radical (unpaired) electrons. The summed E-state index contributed by atoms with van der Waals surface area (Å²) < 4.78 is 44.3. The molecule has 0 bridgehead atoms. The smallest absolute Gasteiger partial charge is 0.406 e. The zero-order chi connectivity index (χ0) is 18.5. The standard InChI is InChI=1S/C18H16F3N3O2/c1-23-10-22-15-14(9-24(12-3-2-4-12)17(25)16(15)23)11-5-7-13(8-6-11)26-18(19,20)21/h5-10,12H,2-4H2,1H3. The van der Waals surface area contributed by atoms with E-state index in [0.717, 1.165) is 19.3 Å². The van der Waals surface area contributed by atoms with Crippen LogP contribution in [0, 0.1) is 0 Å². The molecule has 4 rings (SSSR count). The lowest BCUT2D eigenvalue weighted by molar-refractivity contribution is -0.274. The number of fused-ring (bicyclic) bond motifs is 1. The summed E-state index contributed by atoms with van der Waals surface area (Å²) >= 11 is 0. The monoisotopic (exact) mass is 363 g/mol. The maximum Gasteiger partial charge on any atom is 0.573 e. The van der Waals surface area contributed by atoms with Crippen LogP contribution in [0.5, 0.6) is 5.75 Å². The fourth-order valence-electron chi connectivity index (χ4n) is 3.24. The Kier molecular flexibility index (Phi) is 3.78. The lowest BCUT2D eigenvalue weighted by Gasteiger charge is -2.28. The molecule has 2 aromatic heterocycles. The van der Waals surface area contributed by atoms with Gasteiger partial charge in [0.25, 0.3) is 5.56 Å². The van der Waals surface area contributed by atoms with Crippen molar-refractivity contribution in [3.8, 4) is 16.9 Å². The van der Waals surface area contributed by atoms with Crippen molar-refractivity contribution in [1.29, 1.82) is 0 Å². The van der Waals surface area contributed by atoms with Crippen molar-refractivity contribution in [2.75, 3.05) is 0 Å². The van der Waals surface area contributed by atoms with Crippen molar-refractivity contribution in [2.24, 2.45) is 7.05 Å². The van der Waals surface area contributed by atoms with Crippen LogP contribution in [0.4, 0.5) is 13.2 Å². The number of ether oxygens (including phenoxy) is 1. The summed E-state index contributed by atoms with van der Waals surface area (Å²) in [5.74, 6) is -0.286. The van der Waals surface area contributed by atoms with Crippen LogP contribution >= 0.6 is 0 Å². The molecule has 1 aliphatic carbocycles. The number of benzene rings is 1. The van der Waals surface area contributed by atoms with Gasteiger partial charge in [-0.15, -0.1) is 13.2 Å². The van der Waals surface area contributed by atoms with Gasteiger partial charge in [0.1, 0.15) is 16.8 Å². The second-order valence-corrected chi connectivity index (χ2v) is 6.46. The first-order valence-electron chi connectivity index (χ1n) is 8.26. The van der Waals surface area contributed by atoms with Crippen molar-refractivity contribution in [1.82, 2.24) is 14.1 Å². The number of rotatable bonds is 3. The molecular weight excluding hydrogens is 347 g/mol. The Morgan fingerprint density at radius 2 is 1.88 bits per heavy atom. The van der Waals surface area contributed by atoms with Crippen LogP contribution in [0.25, 0.3) is 22.2 Å². The van der Waals surface area contributed by atoms with Gasteiger partial charge >= 0.3 is 6.36 Å². The molecule has 0 N–H and O–H groups in total. The Bertz CT molecular complexity index is 1020. The van der Waals surface area contributed by atoms with Gasteiger partial charge in [-0.1, -0.05) is 12.1 Å². The van der Waals surface area contributed by atoms with E-state index in [9.17, 15) is 18.0 Å². The summed E-state index contributed by atoms with van der Waals surface area (Å²) in [5, 5.41) is 0. The van der Waals surface area contributed by atoms with Gasteiger partial charge in [0.2, 0.25) is 0 Å². The van der Waals surface area contributed by atoms with Gasteiger partial charge in [0.05, 0.1) is 6.33 Å². The van der Waals surface area contributed by atoms with Crippen molar-refractivity contribution < 1.29 is 17.9 Å². The Labute approximate surface area is 146 Å². The van der Waals surface area contributed by atoms with Gasteiger partial charge < -0.3 is 13.9 Å². The van der Waals surface area contributed by atoms with Gasteiger partial charge in [0.15, 0.2) is 0 Å². The topological polar surface area (TPSA) is 49.0 Å². The van der Waals surface area contributed by atoms with E-state index in [0.29, 0.717) is 22.2 Å². The minimum Gasteiger partial charge on any atom is -0.406 e. The summed E-state index contributed by atoms with van der Waals surface area (Å²) in [4.78, 5) is 17.1. The van der Waals surface area contributed by atoms with Crippen molar-refractivity contribution in [3.05, 3.63) is 47.1 Å². The molecule has 0 atom stereocenters. The number of imidazole rings is 1. The first kappa shape index (κ1) is 16.7. The van der Waals surface area contributed by atoms with E-state index in [-0.39, 0.29) is 17.4 Å². The predicted molar refractivity (Wildman–Crippen MR) is 90.0 cm³/mol. The molecule has 8 heteroatoms. The Morgan fingerprint density at radius 1 is 1.19 bits per heavy atom. The van der Waals surface area contributed by atoms with Gasteiger partial charge in [-0.3, -0.25) is 4.79 Å². The van der Waals surface area contributed by atoms with Crippen LogP contribution in [0.15, 0.2) is 41.6 Å². The van der Waals surface area contributed by atoms with E-state index in [4.69, 9.17) is 0 Å². The van der Waals surface area contributed by atoms with E-state index in [1.54, 1.807) is 40.8 Å². The summed E-state index contributed by atoms with van der Waals surface area (Å²) in [5.41, 5.74) is 2.33. The van der Waals surface area contributed by atoms with E-state index in [1.165, 1.54) is 12.1 Å². The number of alkyl halides is 3. The molecule has 1 saturated carbocycles. The number of hydrogen-bond acceptors (Lipinski definition) is 3. The van der Waals surface area contributed by atoms with Crippen molar-refractivity contribution >= 4 is 11.0 Å². The molecule has 1 fully saturated rings. The highest BCUT2D eigenvalue weighted by molar-refractivity contribution is 5.91. The first-order valence-corrected chi connectivity index (χ1v) is 8.26. The van der Waals surface area contributed by atoms with Crippen molar-refractivity contribution in [2.45, 2.75) is 31.7 Å². The molecule has 136 valence electrons. The zero-order valence-electron chi connectivity index (χ0n) is 14.0. The molecule has 1 aliphatic rings. The van der Waals surface area contributed by atoms with Crippen LogP contribution in [-0.2, 0) is 7.05 Å². The molecule has 3 aromatic rings. The highest BCUT2D eigenvalue weighted by Crippen LogP contribution is 2.34. The quantitative estimate of drug-likeness (QED) is 0.706. The molecule has 0 aliphatic heterocycles. The van der Waals surface area contributed by atoms with E-state index in [2.05, 4.69) is 9.72 Å². The van der Waals surface area contributed by atoms with E-state index < -0.39 is 6.36 Å². The summed E-state index contributed by atoms with van der Waals surface area (Å²) in [6, 6.07) is 5.76. The predicted octanol–water partition coefficient (Wildman–Crippen LogP) is 4.03. The Morgan fingerprint density at radius 3 is 2.46 bits per heavy atom. The second-order valence-electron chi connectivity index (χ2n) is 6.46. The van der Waals surface area contributed by atoms with Gasteiger partial charge in [-0.25, -0.2) is 4.98 Å². The lowest BCUT2D eigenvalue weighted by Crippen LogP contribution is -2.29. The van der Waals surface area contributed by atoms with E-state index in [1.807, 2.05) is 0 Å². The largest absolute Gasteiger partial charge is 0.573 e. The Balaban J connectivity index is 1.83. The van der Waals surface area contributed by atoms with Crippen LogP contribution in [0.2, 0.25) is 0 Å². The Hall–Kier alpha value is -2.77. The second kappa shape index (κ2) is 5.89. The fraction of sp³-hybridized carbons (Fsp3) is 0.333. The lowest BCUT2D eigenvalue weighted by atomic mass is 9.92. The van der Waals surface area contributed by atoms with Crippen LogP contribution in [-0.4, -0.2) is 20.5 Å². The maximum atomic E-state index is 12.8. The fourth-order valence-corrected chi connectivity index (χ4v) is 3.24.